The molecule has 2 saturated carbocycles. The average molecular weight is 272 g/mol. The number of hydrogen-bond acceptors (Lipinski definition) is 2. The lowest BCUT2D eigenvalue weighted by molar-refractivity contribution is -0.129. The van der Waals surface area contributed by atoms with Crippen LogP contribution in [0.15, 0.2) is 36.1 Å². The summed E-state index contributed by atoms with van der Waals surface area (Å²) in [7, 11) is 0. The van der Waals surface area contributed by atoms with Crippen LogP contribution in [0.1, 0.15) is 45.4 Å². The molecule has 0 aliphatic heterocycles. The number of allylic oxidation sites excluding steroid dienone is 5. The fraction of sp³-hybridized carbons (Fsp3) is 0.611. The number of rotatable bonds is 0. The lowest BCUT2D eigenvalue weighted by atomic mass is 9.59. The molecule has 0 spiro atoms. The predicted molar refractivity (Wildman–Crippen MR) is 80.3 cm³/mol. The summed E-state index contributed by atoms with van der Waals surface area (Å²) in [6.45, 7) is 2.20. The van der Waals surface area contributed by atoms with Gasteiger partial charge in [-0.15, -0.1) is 0 Å². The van der Waals surface area contributed by atoms with Gasteiger partial charge in [0.05, 0.1) is 0 Å². The Morgan fingerprint density at radius 1 is 1.30 bits per heavy atom. The lowest BCUT2D eigenvalue weighted by Crippen LogP contribution is -2.41. The molecular weight excluding hydrogens is 248 g/mol. The molecule has 4 atom stereocenters. The minimum atomic E-state index is -0.0547. The van der Waals surface area contributed by atoms with Crippen molar-refractivity contribution in [1.82, 2.24) is 0 Å². The molecule has 0 amide bonds. The van der Waals surface area contributed by atoms with E-state index in [0.717, 1.165) is 38.5 Å². The third-order valence-corrected chi connectivity index (χ3v) is 5.78. The maximum atomic E-state index is 12.2. The first-order valence-corrected chi connectivity index (χ1v) is 7.88. The Bertz CT molecular complexity index is 486. The van der Waals surface area contributed by atoms with Crippen molar-refractivity contribution in [2.45, 2.75) is 45.4 Å². The zero-order valence-electron chi connectivity index (χ0n) is 12.2. The van der Waals surface area contributed by atoms with Gasteiger partial charge in [0.15, 0.2) is 0 Å². The summed E-state index contributed by atoms with van der Waals surface area (Å²) < 4.78 is 0. The Morgan fingerprint density at radius 2 is 2.15 bits per heavy atom. The van der Waals surface area contributed by atoms with Gasteiger partial charge in [0.1, 0.15) is 11.5 Å². The molecule has 0 radical (unpaired) electrons. The predicted octanol–water partition coefficient (Wildman–Crippen LogP) is 4.35. The molecule has 3 unspecified atom stereocenters. The SMILES string of the molecule is C[C@]12CCC3/C=C/C=C(O)\C=C\CCC3C1CCC2=O. The van der Waals surface area contributed by atoms with Crippen molar-refractivity contribution >= 4 is 5.78 Å². The van der Waals surface area contributed by atoms with Crippen molar-refractivity contribution in [1.29, 1.82) is 0 Å². The van der Waals surface area contributed by atoms with Gasteiger partial charge in [0.25, 0.3) is 0 Å². The maximum Gasteiger partial charge on any atom is 0.139 e. The molecule has 1 N–H and O–H groups in total. The second kappa shape index (κ2) is 5.23. The summed E-state index contributed by atoms with van der Waals surface area (Å²) in [6.07, 6.45) is 16.0. The van der Waals surface area contributed by atoms with Gasteiger partial charge >= 0.3 is 0 Å². The standard InChI is InChI=1S/C18H24O2/c1-18-12-11-13-5-4-7-14(19)6-2-3-8-15(13)16(18)9-10-17(18)20/h2,4-7,13,15-16,19H,3,8-12H2,1H3/b5-4+,6-2+,14-7+/t13?,15?,16?,18-/m0/s1. The van der Waals surface area contributed by atoms with Gasteiger partial charge < -0.3 is 5.11 Å². The van der Waals surface area contributed by atoms with Crippen molar-refractivity contribution < 1.29 is 9.90 Å². The van der Waals surface area contributed by atoms with Gasteiger partial charge in [0.2, 0.25) is 0 Å². The summed E-state index contributed by atoms with van der Waals surface area (Å²) in [5, 5.41) is 9.63. The van der Waals surface area contributed by atoms with E-state index < -0.39 is 0 Å². The van der Waals surface area contributed by atoms with Gasteiger partial charge in [0, 0.05) is 11.8 Å². The molecule has 3 rings (SSSR count). The van der Waals surface area contributed by atoms with Gasteiger partial charge in [-0.2, -0.15) is 0 Å². The van der Waals surface area contributed by atoms with E-state index in [9.17, 15) is 9.90 Å². The summed E-state index contributed by atoms with van der Waals surface area (Å²) in [5.74, 6) is 2.57. The lowest BCUT2D eigenvalue weighted by Gasteiger charge is -2.44. The van der Waals surface area contributed by atoms with Crippen LogP contribution in [0.4, 0.5) is 0 Å². The number of Topliss-reactive ketones (excluding diaryl/α,β-unsaturated/α-hetero) is 1. The summed E-state index contributed by atoms with van der Waals surface area (Å²) >= 11 is 0. The van der Waals surface area contributed by atoms with Crippen LogP contribution in [0.3, 0.4) is 0 Å². The van der Waals surface area contributed by atoms with Crippen molar-refractivity contribution in [3.63, 3.8) is 0 Å². The highest BCUT2D eigenvalue weighted by Crippen LogP contribution is 2.55. The monoisotopic (exact) mass is 272 g/mol. The van der Waals surface area contributed by atoms with Crippen LogP contribution in [0.5, 0.6) is 0 Å². The van der Waals surface area contributed by atoms with Gasteiger partial charge in [-0.1, -0.05) is 25.2 Å². The number of hydrogen-bond donors (Lipinski definition) is 1. The molecule has 0 aromatic heterocycles. The van der Waals surface area contributed by atoms with Crippen LogP contribution >= 0.6 is 0 Å². The number of fused-ring (bicyclic) bond motifs is 3. The van der Waals surface area contributed by atoms with Crippen LogP contribution in [-0.4, -0.2) is 10.9 Å². The third kappa shape index (κ3) is 2.25. The summed E-state index contributed by atoms with van der Waals surface area (Å²) in [5.41, 5.74) is -0.0547. The van der Waals surface area contributed by atoms with Gasteiger partial charge in [-0.05, 0) is 62.0 Å². The smallest absolute Gasteiger partial charge is 0.139 e. The molecule has 108 valence electrons. The molecule has 0 bridgehead atoms. The molecule has 3 aliphatic rings. The molecular formula is C18H24O2. The van der Waals surface area contributed by atoms with E-state index in [1.807, 2.05) is 6.08 Å². The van der Waals surface area contributed by atoms with Crippen LogP contribution < -0.4 is 0 Å². The largest absolute Gasteiger partial charge is 0.508 e. The van der Waals surface area contributed by atoms with Crippen molar-refractivity contribution in [2.24, 2.45) is 23.2 Å². The molecule has 2 fully saturated rings. The highest BCUT2D eigenvalue weighted by Gasteiger charge is 2.52. The minimum absolute atomic E-state index is 0.0547. The van der Waals surface area contributed by atoms with Crippen LogP contribution in [-0.2, 0) is 4.79 Å². The van der Waals surface area contributed by atoms with E-state index in [-0.39, 0.29) is 5.41 Å². The second-order valence-corrected chi connectivity index (χ2v) is 6.81. The molecule has 0 aromatic carbocycles. The highest BCUT2D eigenvalue weighted by atomic mass is 16.3. The molecule has 0 aromatic rings. The third-order valence-electron chi connectivity index (χ3n) is 5.78. The zero-order chi connectivity index (χ0) is 14.2. The van der Waals surface area contributed by atoms with E-state index >= 15 is 0 Å². The quantitative estimate of drug-likeness (QED) is 0.712. The number of ketones is 1. The van der Waals surface area contributed by atoms with E-state index in [1.54, 1.807) is 12.2 Å². The Morgan fingerprint density at radius 3 is 3.00 bits per heavy atom. The van der Waals surface area contributed by atoms with Gasteiger partial charge in [-0.3, -0.25) is 4.79 Å². The highest BCUT2D eigenvalue weighted by molar-refractivity contribution is 5.87. The Balaban J connectivity index is 1.88. The number of aliphatic hydroxyl groups is 1. The Labute approximate surface area is 121 Å². The Kier molecular flexibility index (Phi) is 3.57. The normalized spacial score (nSPS) is 46.8. The summed E-state index contributed by atoms with van der Waals surface area (Å²) in [6, 6.07) is 0. The maximum absolute atomic E-state index is 12.2. The van der Waals surface area contributed by atoms with Crippen molar-refractivity contribution in [2.75, 3.05) is 0 Å². The first kappa shape index (κ1) is 13.7. The van der Waals surface area contributed by atoms with Gasteiger partial charge in [-0.25, -0.2) is 0 Å². The molecule has 3 aliphatic carbocycles. The first-order valence-electron chi connectivity index (χ1n) is 7.88. The number of aliphatic hydroxyl groups excluding tert-OH is 1. The average Bonchev–Trinajstić information content (AvgIpc) is 2.73. The molecule has 2 nitrogen and oxygen atoms in total. The molecule has 2 heteroatoms. The van der Waals surface area contributed by atoms with Crippen LogP contribution in [0.25, 0.3) is 0 Å². The van der Waals surface area contributed by atoms with E-state index in [2.05, 4.69) is 19.1 Å². The number of carbonyl (C=O) groups is 1. The topological polar surface area (TPSA) is 37.3 Å². The van der Waals surface area contributed by atoms with E-state index in [0.29, 0.717) is 29.3 Å². The van der Waals surface area contributed by atoms with E-state index in [4.69, 9.17) is 0 Å². The first-order chi connectivity index (χ1) is 9.61. The summed E-state index contributed by atoms with van der Waals surface area (Å²) in [4.78, 5) is 12.2. The fourth-order valence-electron chi connectivity index (χ4n) is 4.59. The second-order valence-electron chi connectivity index (χ2n) is 6.81. The van der Waals surface area contributed by atoms with Crippen molar-refractivity contribution in [3.05, 3.63) is 36.1 Å². The van der Waals surface area contributed by atoms with Crippen molar-refractivity contribution in [3.8, 4) is 0 Å². The molecule has 20 heavy (non-hydrogen) atoms. The van der Waals surface area contributed by atoms with Crippen LogP contribution in [0.2, 0.25) is 0 Å². The Hall–Kier alpha value is -1.31. The molecule has 0 heterocycles. The minimum Gasteiger partial charge on any atom is -0.508 e. The fourth-order valence-corrected chi connectivity index (χ4v) is 4.59. The molecule has 0 saturated heterocycles. The van der Waals surface area contributed by atoms with Crippen LogP contribution in [0, 0.1) is 23.2 Å². The number of carbonyl (C=O) groups excluding carboxylic acids is 1. The van der Waals surface area contributed by atoms with E-state index in [1.165, 1.54) is 0 Å². The zero-order valence-corrected chi connectivity index (χ0v) is 12.2.